The van der Waals surface area contributed by atoms with Crippen molar-refractivity contribution in [2.75, 3.05) is 6.61 Å². The highest BCUT2D eigenvalue weighted by atomic mass is 28.4. The van der Waals surface area contributed by atoms with Crippen LogP contribution in [0, 0.1) is 0 Å². The Morgan fingerprint density at radius 2 is 1.78 bits per heavy atom. The van der Waals surface area contributed by atoms with Crippen LogP contribution in [0.15, 0.2) is 30.3 Å². The van der Waals surface area contributed by atoms with E-state index in [0.717, 1.165) is 5.56 Å². The second-order valence-electron chi connectivity index (χ2n) is 9.48. The van der Waals surface area contributed by atoms with Crippen molar-refractivity contribution < 1.29 is 23.4 Å². The molecule has 0 amide bonds. The largest absolute Gasteiger partial charge is 0.406 e. The molecule has 0 saturated carbocycles. The Hall–Kier alpha value is -0.763. The normalized spacial score (nSPS) is 30.9. The number of benzene rings is 1. The van der Waals surface area contributed by atoms with Crippen LogP contribution < -0.4 is 0 Å². The minimum absolute atomic E-state index is 0.0822. The van der Waals surface area contributed by atoms with Gasteiger partial charge in [0.15, 0.2) is 20.4 Å². The van der Waals surface area contributed by atoms with Gasteiger partial charge in [-0.25, -0.2) is 0 Å². The standard InChI is InChI=1S/C21H34O5Si/c1-20(2,3)27(6,7)26-18-17-16(24-21(4,5)25-17)14-23-19(18)22-13-15-11-9-8-10-12-15/h8-12,16-19H,13-14H2,1-7H3/t16-,17?,18?,19-/m0/s1. The smallest absolute Gasteiger partial charge is 0.192 e. The van der Waals surface area contributed by atoms with Crippen molar-refractivity contribution in [1.29, 1.82) is 0 Å². The Morgan fingerprint density at radius 1 is 1.11 bits per heavy atom. The lowest BCUT2D eigenvalue weighted by atomic mass is 10.1. The fourth-order valence-corrected chi connectivity index (χ4v) is 4.52. The molecule has 6 heteroatoms. The van der Waals surface area contributed by atoms with Crippen LogP contribution in [0.25, 0.3) is 0 Å². The van der Waals surface area contributed by atoms with Crippen molar-refractivity contribution in [3.8, 4) is 0 Å². The fraction of sp³-hybridized carbons (Fsp3) is 0.714. The van der Waals surface area contributed by atoms with Gasteiger partial charge in [0, 0.05) is 0 Å². The third kappa shape index (κ3) is 4.81. The molecule has 2 aliphatic rings. The summed E-state index contributed by atoms with van der Waals surface area (Å²) in [7, 11) is -2.04. The molecule has 0 spiro atoms. The molecular formula is C21H34O5Si. The maximum atomic E-state index is 6.74. The molecular weight excluding hydrogens is 360 g/mol. The van der Waals surface area contributed by atoms with E-state index < -0.39 is 20.4 Å². The predicted octanol–water partition coefficient (Wildman–Crippen LogP) is 4.47. The highest BCUT2D eigenvalue weighted by molar-refractivity contribution is 6.74. The molecule has 0 N–H and O–H groups in total. The lowest BCUT2D eigenvalue weighted by Gasteiger charge is -2.45. The molecule has 2 saturated heterocycles. The summed E-state index contributed by atoms with van der Waals surface area (Å²) < 4.78 is 31.2. The molecule has 0 bridgehead atoms. The van der Waals surface area contributed by atoms with Crippen LogP contribution in [0.3, 0.4) is 0 Å². The predicted molar refractivity (Wildman–Crippen MR) is 107 cm³/mol. The molecule has 0 aliphatic carbocycles. The molecule has 1 aromatic carbocycles. The molecule has 2 fully saturated rings. The molecule has 27 heavy (non-hydrogen) atoms. The first-order chi connectivity index (χ1) is 12.5. The van der Waals surface area contributed by atoms with E-state index in [1.807, 2.05) is 44.2 Å². The molecule has 2 aliphatic heterocycles. The molecule has 5 nitrogen and oxygen atoms in total. The molecule has 3 rings (SSSR count). The topological polar surface area (TPSA) is 46.2 Å². The van der Waals surface area contributed by atoms with Gasteiger partial charge in [-0.2, -0.15) is 0 Å². The Morgan fingerprint density at radius 3 is 2.41 bits per heavy atom. The first kappa shape index (κ1) is 21.0. The van der Waals surface area contributed by atoms with Gasteiger partial charge in [0.1, 0.15) is 18.3 Å². The zero-order valence-corrected chi connectivity index (χ0v) is 18.7. The van der Waals surface area contributed by atoms with E-state index in [1.165, 1.54) is 0 Å². The van der Waals surface area contributed by atoms with Gasteiger partial charge in [-0.3, -0.25) is 0 Å². The van der Waals surface area contributed by atoms with Crippen molar-refractivity contribution in [2.24, 2.45) is 0 Å². The Kier molecular flexibility index (Phi) is 5.88. The van der Waals surface area contributed by atoms with Crippen molar-refractivity contribution in [3.63, 3.8) is 0 Å². The number of rotatable bonds is 5. The summed E-state index contributed by atoms with van der Waals surface area (Å²) in [5, 5.41) is 0.0822. The zero-order valence-electron chi connectivity index (χ0n) is 17.7. The van der Waals surface area contributed by atoms with E-state index in [-0.39, 0.29) is 23.4 Å². The van der Waals surface area contributed by atoms with Crippen molar-refractivity contribution >= 4 is 8.32 Å². The van der Waals surface area contributed by atoms with Gasteiger partial charge >= 0.3 is 0 Å². The van der Waals surface area contributed by atoms with Crippen molar-refractivity contribution in [2.45, 2.75) is 89.7 Å². The monoisotopic (exact) mass is 394 g/mol. The minimum atomic E-state index is -2.04. The second-order valence-corrected chi connectivity index (χ2v) is 14.2. The van der Waals surface area contributed by atoms with Gasteiger partial charge < -0.3 is 23.4 Å². The maximum Gasteiger partial charge on any atom is 0.192 e. The van der Waals surface area contributed by atoms with E-state index in [0.29, 0.717) is 13.2 Å². The van der Waals surface area contributed by atoms with Crippen LogP contribution in [-0.4, -0.2) is 45.3 Å². The summed E-state index contributed by atoms with van der Waals surface area (Å²) in [4.78, 5) is 0. The van der Waals surface area contributed by atoms with Crippen molar-refractivity contribution in [1.82, 2.24) is 0 Å². The van der Waals surface area contributed by atoms with Crippen LogP contribution in [0.5, 0.6) is 0 Å². The summed E-state index contributed by atoms with van der Waals surface area (Å²) in [6, 6.07) is 10.1. The number of ether oxygens (including phenoxy) is 4. The third-order valence-corrected chi connectivity index (χ3v) is 10.2. The van der Waals surface area contributed by atoms with E-state index in [4.69, 9.17) is 23.4 Å². The average molecular weight is 395 g/mol. The molecule has 0 radical (unpaired) electrons. The van der Waals surface area contributed by atoms with E-state index in [9.17, 15) is 0 Å². The quantitative estimate of drug-likeness (QED) is 0.690. The summed E-state index contributed by atoms with van der Waals surface area (Å²) >= 11 is 0. The SMILES string of the molecule is CC1(C)OC2C(O[Si](C)(C)C(C)(C)C)[C@@H](OCc3ccccc3)OC[C@@H]2O1. The van der Waals surface area contributed by atoms with Crippen LogP contribution in [-0.2, 0) is 30.0 Å². The van der Waals surface area contributed by atoms with E-state index >= 15 is 0 Å². The van der Waals surface area contributed by atoms with Crippen LogP contribution >= 0.6 is 0 Å². The molecule has 1 aromatic rings. The summed E-state index contributed by atoms with van der Waals surface area (Å²) in [6.07, 6.45) is -1.11. The van der Waals surface area contributed by atoms with Gasteiger partial charge in [-0.15, -0.1) is 0 Å². The zero-order chi connectivity index (χ0) is 19.9. The van der Waals surface area contributed by atoms with Gasteiger partial charge in [-0.1, -0.05) is 51.1 Å². The second kappa shape index (κ2) is 7.58. The fourth-order valence-electron chi connectivity index (χ4n) is 3.25. The Bertz CT molecular complexity index is 625. The molecule has 0 aromatic heterocycles. The lowest BCUT2D eigenvalue weighted by molar-refractivity contribution is -0.251. The summed E-state index contributed by atoms with van der Waals surface area (Å²) in [5.74, 6) is -0.637. The number of hydrogen-bond acceptors (Lipinski definition) is 5. The summed E-state index contributed by atoms with van der Waals surface area (Å²) in [5.41, 5.74) is 1.11. The number of hydrogen-bond donors (Lipinski definition) is 0. The highest BCUT2D eigenvalue weighted by Gasteiger charge is 2.54. The molecule has 2 heterocycles. The first-order valence-electron chi connectivity index (χ1n) is 9.79. The van der Waals surface area contributed by atoms with Crippen LogP contribution in [0.4, 0.5) is 0 Å². The highest BCUT2D eigenvalue weighted by Crippen LogP contribution is 2.42. The van der Waals surface area contributed by atoms with Gasteiger partial charge in [0.2, 0.25) is 0 Å². The maximum absolute atomic E-state index is 6.74. The Balaban J connectivity index is 1.78. The van der Waals surface area contributed by atoms with E-state index in [1.54, 1.807) is 0 Å². The number of fused-ring (bicyclic) bond motifs is 1. The molecule has 2 unspecified atom stereocenters. The van der Waals surface area contributed by atoms with Gasteiger partial charge in [0.05, 0.1) is 13.2 Å². The Labute approximate surface area is 164 Å². The van der Waals surface area contributed by atoms with Gasteiger partial charge in [0.25, 0.3) is 0 Å². The lowest BCUT2D eigenvalue weighted by Crippen LogP contribution is -2.58. The third-order valence-electron chi connectivity index (χ3n) is 5.73. The summed E-state index contributed by atoms with van der Waals surface area (Å²) in [6.45, 7) is 16.0. The minimum Gasteiger partial charge on any atom is -0.406 e. The van der Waals surface area contributed by atoms with Crippen LogP contribution in [0.1, 0.15) is 40.2 Å². The van der Waals surface area contributed by atoms with Gasteiger partial charge in [-0.05, 0) is 37.5 Å². The average Bonchev–Trinajstić information content (AvgIpc) is 2.88. The van der Waals surface area contributed by atoms with Crippen LogP contribution in [0.2, 0.25) is 18.1 Å². The van der Waals surface area contributed by atoms with E-state index in [2.05, 4.69) is 33.9 Å². The first-order valence-corrected chi connectivity index (χ1v) is 12.7. The molecule has 152 valence electrons. The van der Waals surface area contributed by atoms with Crippen molar-refractivity contribution in [3.05, 3.63) is 35.9 Å². The molecule has 4 atom stereocenters.